The number of hydrogen-bond acceptors (Lipinski definition) is 5. The van der Waals surface area contributed by atoms with Gasteiger partial charge < -0.3 is 14.2 Å². The minimum atomic E-state index is 0.0610. The van der Waals surface area contributed by atoms with Crippen LogP contribution in [0.2, 0.25) is 0 Å². The molecule has 1 aromatic heterocycles. The summed E-state index contributed by atoms with van der Waals surface area (Å²) >= 11 is 0. The Labute approximate surface area is 124 Å². The van der Waals surface area contributed by atoms with E-state index in [1.807, 2.05) is 32.9 Å². The lowest BCUT2D eigenvalue weighted by Gasteiger charge is -2.16. The number of ether oxygens (including phenoxy) is 3. The second-order valence-corrected chi connectivity index (χ2v) is 4.93. The Morgan fingerprint density at radius 3 is 2.38 bits per heavy atom. The van der Waals surface area contributed by atoms with Gasteiger partial charge in [0.1, 0.15) is 0 Å². The van der Waals surface area contributed by atoms with Crippen LogP contribution in [-0.2, 0) is 0 Å². The Hall–Kier alpha value is -2.30. The van der Waals surface area contributed by atoms with Crippen LogP contribution in [-0.4, -0.2) is 30.3 Å². The second kappa shape index (κ2) is 6.43. The van der Waals surface area contributed by atoms with Crippen LogP contribution < -0.4 is 14.2 Å². The smallest absolute Gasteiger partial charge is 0.232 e. The molecule has 0 aliphatic carbocycles. The van der Waals surface area contributed by atoms with E-state index >= 15 is 0 Å². The molecule has 0 aliphatic rings. The number of rotatable bonds is 5. The quantitative estimate of drug-likeness (QED) is 0.845. The Morgan fingerprint density at radius 1 is 1.00 bits per heavy atom. The normalized spacial score (nSPS) is 10.6. The topological polar surface area (TPSA) is 53.5 Å². The monoisotopic (exact) mass is 288 g/mol. The van der Waals surface area contributed by atoms with Crippen molar-refractivity contribution in [3.05, 3.63) is 30.1 Å². The van der Waals surface area contributed by atoms with Crippen molar-refractivity contribution in [3.63, 3.8) is 0 Å². The van der Waals surface area contributed by atoms with Crippen molar-refractivity contribution in [2.45, 2.75) is 26.9 Å². The van der Waals surface area contributed by atoms with Crippen LogP contribution in [0.4, 0.5) is 0 Å². The largest absolute Gasteiger partial charge is 0.493 e. The van der Waals surface area contributed by atoms with E-state index in [2.05, 4.69) is 9.97 Å². The molecule has 0 aliphatic heterocycles. The molecule has 0 atom stereocenters. The zero-order valence-corrected chi connectivity index (χ0v) is 13.0. The fourth-order valence-electron chi connectivity index (χ4n) is 2.02. The molecule has 5 nitrogen and oxygen atoms in total. The minimum Gasteiger partial charge on any atom is -0.493 e. The summed E-state index contributed by atoms with van der Waals surface area (Å²) in [6.45, 7) is 5.95. The molecule has 0 saturated carbocycles. The molecular weight excluding hydrogens is 268 g/mol. The predicted octanol–water partition coefficient (Wildman–Crippen LogP) is 3.26. The molecule has 0 radical (unpaired) electrons. The number of methoxy groups -OCH3 is 2. The summed E-state index contributed by atoms with van der Waals surface area (Å²) in [5.41, 5.74) is 2.71. The summed E-state index contributed by atoms with van der Waals surface area (Å²) in [7, 11) is 3.20. The maximum Gasteiger partial charge on any atom is 0.232 e. The van der Waals surface area contributed by atoms with Crippen LogP contribution >= 0.6 is 0 Å². The summed E-state index contributed by atoms with van der Waals surface area (Å²) in [4.78, 5) is 8.56. The number of aromatic nitrogens is 2. The highest BCUT2D eigenvalue weighted by atomic mass is 16.5. The molecular formula is C16H20N2O3. The van der Waals surface area contributed by atoms with Gasteiger partial charge in [0.05, 0.1) is 38.4 Å². The highest BCUT2D eigenvalue weighted by Gasteiger charge is 2.13. The van der Waals surface area contributed by atoms with Gasteiger partial charge in [-0.3, -0.25) is 4.98 Å². The summed E-state index contributed by atoms with van der Waals surface area (Å²) < 4.78 is 16.3. The fraction of sp³-hybridized carbons (Fsp3) is 0.375. The SMILES string of the molecule is COc1cncc(-c2cc(OC(C)C)c(OC)cc2C)n1. The number of benzene rings is 1. The Morgan fingerprint density at radius 2 is 1.76 bits per heavy atom. The van der Waals surface area contributed by atoms with E-state index < -0.39 is 0 Å². The van der Waals surface area contributed by atoms with Crippen LogP contribution in [0.5, 0.6) is 17.4 Å². The molecule has 1 heterocycles. The van der Waals surface area contributed by atoms with Gasteiger partial charge in [0, 0.05) is 5.56 Å². The molecule has 0 bridgehead atoms. The van der Waals surface area contributed by atoms with Crippen molar-refractivity contribution in [2.75, 3.05) is 14.2 Å². The molecule has 112 valence electrons. The lowest BCUT2D eigenvalue weighted by Crippen LogP contribution is -2.07. The van der Waals surface area contributed by atoms with Gasteiger partial charge in [0.15, 0.2) is 11.5 Å². The van der Waals surface area contributed by atoms with E-state index in [9.17, 15) is 0 Å². The summed E-state index contributed by atoms with van der Waals surface area (Å²) in [6.07, 6.45) is 3.34. The van der Waals surface area contributed by atoms with Crippen molar-refractivity contribution < 1.29 is 14.2 Å². The van der Waals surface area contributed by atoms with E-state index in [1.165, 1.54) is 0 Å². The summed E-state index contributed by atoms with van der Waals surface area (Å²) in [6, 6.07) is 3.87. The third-order valence-corrected chi connectivity index (χ3v) is 2.97. The average molecular weight is 288 g/mol. The third-order valence-electron chi connectivity index (χ3n) is 2.97. The van der Waals surface area contributed by atoms with Gasteiger partial charge in [-0.05, 0) is 38.5 Å². The van der Waals surface area contributed by atoms with E-state index in [0.29, 0.717) is 17.4 Å². The van der Waals surface area contributed by atoms with E-state index in [0.717, 1.165) is 16.8 Å². The molecule has 0 N–H and O–H groups in total. The van der Waals surface area contributed by atoms with Crippen LogP contribution in [0.1, 0.15) is 19.4 Å². The van der Waals surface area contributed by atoms with Gasteiger partial charge >= 0.3 is 0 Å². The first-order valence-electron chi connectivity index (χ1n) is 6.76. The Balaban J connectivity index is 2.52. The zero-order chi connectivity index (χ0) is 15.4. The number of aryl methyl sites for hydroxylation is 1. The van der Waals surface area contributed by atoms with Crippen molar-refractivity contribution in [1.29, 1.82) is 0 Å². The lowest BCUT2D eigenvalue weighted by molar-refractivity contribution is 0.230. The molecule has 5 heteroatoms. The summed E-state index contributed by atoms with van der Waals surface area (Å²) in [5, 5.41) is 0. The van der Waals surface area contributed by atoms with Crippen LogP contribution in [0.15, 0.2) is 24.5 Å². The van der Waals surface area contributed by atoms with Gasteiger partial charge in [-0.15, -0.1) is 0 Å². The van der Waals surface area contributed by atoms with Crippen molar-refractivity contribution >= 4 is 0 Å². The standard InChI is InChI=1S/C16H20N2O3/c1-10(2)21-15-7-12(11(3)6-14(15)19-4)13-8-17-9-16(18-13)20-5/h6-10H,1-5H3. The van der Waals surface area contributed by atoms with Crippen molar-refractivity contribution in [1.82, 2.24) is 9.97 Å². The van der Waals surface area contributed by atoms with E-state index in [1.54, 1.807) is 26.6 Å². The average Bonchev–Trinajstić information content (AvgIpc) is 2.48. The highest BCUT2D eigenvalue weighted by molar-refractivity contribution is 5.68. The molecule has 2 rings (SSSR count). The van der Waals surface area contributed by atoms with Crippen LogP contribution in [0.25, 0.3) is 11.3 Å². The molecule has 1 aromatic carbocycles. The Bertz CT molecular complexity index is 627. The summed E-state index contributed by atoms with van der Waals surface area (Å²) in [5.74, 6) is 1.88. The predicted molar refractivity (Wildman–Crippen MR) is 81.1 cm³/mol. The maximum atomic E-state index is 5.81. The number of nitrogens with zero attached hydrogens (tertiary/aromatic N) is 2. The van der Waals surface area contributed by atoms with E-state index in [-0.39, 0.29) is 6.10 Å². The van der Waals surface area contributed by atoms with Gasteiger partial charge in [-0.2, -0.15) is 0 Å². The third kappa shape index (κ3) is 3.42. The lowest BCUT2D eigenvalue weighted by atomic mass is 10.0. The van der Waals surface area contributed by atoms with Crippen molar-refractivity contribution in [3.8, 4) is 28.6 Å². The minimum absolute atomic E-state index is 0.0610. The fourth-order valence-corrected chi connectivity index (χ4v) is 2.02. The first-order valence-corrected chi connectivity index (χ1v) is 6.76. The Kier molecular flexibility index (Phi) is 4.62. The first-order chi connectivity index (χ1) is 10.0. The molecule has 0 amide bonds. The van der Waals surface area contributed by atoms with E-state index in [4.69, 9.17) is 14.2 Å². The van der Waals surface area contributed by atoms with Crippen molar-refractivity contribution in [2.24, 2.45) is 0 Å². The molecule has 21 heavy (non-hydrogen) atoms. The highest BCUT2D eigenvalue weighted by Crippen LogP contribution is 2.35. The van der Waals surface area contributed by atoms with Gasteiger partial charge in [-0.1, -0.05) is 0 Å². The first kappa shape index (κ1) is 15.1. The molecule has 0 spiro atoms. The maximum absolute atomic E-state index is 5.81. The van der Waals surface area contributed by atoms with Gasteiger partial charge in [-0.25, -0.2) is 4.98 Å². The second-order valence-electron chi connectivity index (χ2n) is 4.93. The molecule has 0 fully saturated rings. The molecule has 2 aromatic rings. The van der Waals surface area contributed by atoms with Crippen LogP contribution in [0, 0.1) is 6.92 Å². The number of hydrogen-bond donors (Lipinski definition) is 0. The van der Waals surface area contributed by atoms with Crippen LogP contribution in [0.3, 0.4) is 0 Å². The van der Waals surface area contributed by atoms with Gasteiger partial charge in [0.25, 0.3) is 0 Å². The molecule has 0 saturated heterocycles. The molecule has 0 unspecified atom stereocenters. The zero-order valence-electron chi connectivity index (χ0n) is 13.0. The van der Waals surface area contributed by atoms with Gasteiger partial charge in [0.2, 0.25) is 5.88 Å².